The third kappa shape index (κ3) is 2.92. The Morgan fingerprint density at radius 3 is 2.53 bits per heavy atom. The van der Waals surface area contributed by atoms with Gasteiger partial charge in [0.05, 0.1) is 17.6 Å². The van der Waals surface area contributed by atoms with Crippen LogP contribution in [0.25, 0.3) is 0 Å². The van der Waals surface area contributed by atoms with Gasteiger partial charge in [-0.3, -0.25) is 0 Å². The SMILES string of the molecule is COC1CCC(NC2CCS(=O)(=O)C2)C1. The smallest absolute Gasteiger partial charge is 0.151 e. The second kappa shape index (κ2) is 4.39. The van der Waals surface area contributed by atoms with Crippen LogP contribution in [0.5, 0.6) is 0 Å². The highest BCUT2D eigenvalue weighted by atomic mass is 32.2. The van der Waals surface area contributed by atoms with Gasteiger partial charge in [0.1, 0.15) is 0 Å². The summed E-state index contributed by atoms with van der Waals surface area (Å²) in [4.78, 5) is 0. The van der Waals surface area contributed by atoms with E-state index in [0.717, 1.165) is 25.7 Å². The molecule has 0 radical (unpaired) electrons. The van der Waals surface area contributed by atoms with Crippen LogP contribution in [0.3, 0.4) is 0 Å². The van der Waals surface area contributed by atoms with Crippen molar-refractivity contribution in [2.45, 2.75) is 43.9 Å². The van der Waals surface area contributed by atoms with Crippen molar-refractivity contribution in [1.29, 1.82) is 0 Å². The molecule has 2 fully saturated rings. The molecule has 15 heavy (non-hydrogen) atoms. The van der Waals surface area contributed by atoms with E-state index >= 15 is 0 Å². The lowest BCUT2D eigenvalue weighted by Gasteiger charge is -2.17. The summed E-state index contributed by atoms with van der Waals surface area (Å²) >= 11 is 0. The molecule has 0 bridgehead atoms. The fourth-order valence-electron chi connectivity index (χ4n) is 2.57. The lowest BCUT2D eigenvalue weighted by Crippen LogP contribution is -2.37. The van der Waals surface area contributed by atoms with Gasteiger partial charge < -0.3 is 10.1 Å². The summed E-state index contributed by atoms with van der Waals surface area (Å²) in [6, 6.07) is 0.629. The van der Waals surface area contributed by atoms with Crippen molar-refractivity contribution in [1.82, 2.24) is 5.32 Å². The summed E-state index contributed by atoms with van der Waals surface area (Å²) in [5, 5.41) is 3.44. The van der Waals surface area contributed by atoms with Crippen molar-refractivity contribution in [2.75, 3.05) is 18.6 Å². The van der Waals surface area contributed by atoms with Gasteiger partial charge in [0.2, 0.25) is 0 Å². The molecular formula is C10H19NO3S. The van der Waals surface area contributed by atoms with E-state index in [1.807, 2.05) is 0 Å². The molecule has 3 atom stereocenters. The number of sulfone groups is 1. The van der Waals surface area contributed by atoms with Crippen LogP contribution >= 0.6 is 0 Å². The quantitative estimate of drug-likeness (QED) is 0.763. The molecular weight excluding hydrogens is 214 g/mol. The number of hydrogen-bond acceptors (Lipinski definition) is 4. The van der Waals surface area contributed by atoms with Gasteiger partial charge in [0.25, 0.3) is 0 Å². The zero-order chi connectivity index (χ0) is 10.9. The Kier molecular flexibility index (Phi) is 3.33. The Labute approximate surface area is 91.3 Å². The van der Waals surface area contributed by atoms with Crippen LogP contribution in [0.2, 0.25) is 0 Å². The average molecular weight is 233 g/mol. The minimum atomic E-state index is -2.75. The zero-order valence-corrected chi connectivity index (χ0v) is 9.92. The number of rotatable bonds is 3. The molecule has 0 aromatic rings. The Bertz CT molecular complexity index is 315. The third-order valence-electron chi connectivity index (χ3n) is 3.42. The zero-order valence-electron chi connectivity index (χ0n) is 9.11. The summed E-state index contributed by atoms with van der Waals surface area (Å²) in [5.41, 5.74) is 0. The highest BCUT2D eigenvalue weighted by Crippen LogP contribution is 2.23. The molecule has 3 unspecified atom stereocenters. The molecule has 1 saturated heterocycles. The van der Waals surface area contributed by atoms with Gasteiger partial charge in [0.15, 0.2) is 9.84 Å². The first kappa shape index (κ1) is 11.4. The molecule has 1 saturated carbocycles. The van der Waals surface area contributed by atoms with E-state index in [4.69, 9.17) is 4.74 Å². The van der Waals surface area contributed by atoms with Gasteiger partial charge in [-0.25, -0.2) is 8.42 Å². The summed E-state index contributed by atoms with van der Waals surface area (Å²) in [6.07, 6.45) is 4.35. The predicted octanol–water partition coefficient (Wildman–Crippen LogP) is 0.331. The molecule has 1 heterocycles. The Morgan fingerprint density at radius 2 is 2.00 bits per heavy atom. The van der Waals surface area contributed by atoms with Crippen molar-refractivity contribution in [3.8, 4) is 0 Å². The first-order chi connectivity index (χ1) is 7.09. The van der Waals surface area contributed by atoms with Crippen LogP contribution < -0.4 is 5.32 Å². The predicted molar refractivity (Wildman–Crippen MR) is 58.6 cm³/mol. The lowest BCUT2D eigenvalue weighted by molar-refractivity contribution is 0.106. The van der Waals surface area contributed by atoms with Gasteiger partial charge in [0, 0.05) is 19.2 Å². The van der Waals surface area contributed by atoms with Crippen LogP contribution in [0.15, 0.2) is 0 Å². The third-order valence-corrected chi connectivity index (χ3v) is 5.19. The summed E-state index contributed by atoms with van der Waals surface area (Å²) in [6.45, 7) is 0. The number of methoxy groups -OCH3 is 1. The highest BCUT2D eigenvalue weighted by Gasteiger charge is 2.32. The molecule has 5 heteroatoms. The maximum Gasteiger partial charge on any atom is 0.151 e. The maximum absolute atomic E-state index is 11.3. The van der Waals surface area contributed by atoms with E-state index < -0.39 is 9.84 Å². The number of hydrogen-bond donors (Lipinski definition) is 1. The van der Waals surface area contributed by atoms with E-state index in [2.05, 4.69) is 5.32 Å². The van der Waals surface area contributed by atoms with Crippen molar-refractivity contribution in [3.05, 3.63) is 0 Å². The fraction of sp³-hybridized carbons (Fsp3) is 1.00. The number of ether oxygens (including phenoxy) is 1. The summed E-state index contributed by atoms with van der Waals surface area (Å²) in [5.74, 6) is 0.673. The highest BCUT2D eigenvalue weighted by molar-refractivity contribution is 7.91. The molecule has 0 aromatic heterocycles. The van der Waals surface area contributed by atoms with Gasteiger partial charge in [-0.15, -0.1) is 0 Å². The average Bonchev–Trinajstić information content (AvgIpc) is 2.73. The van der Waals surface area contributed by atoms with Crippen molar-refractivity contribution >= 4 is 9.84 Å². The van der Waals surface area contributed by atoms with Gasteiger partial charge >= 0.3 is 0 Å². The number of nitrogens with one attached hydrogen (secondary N) is 1. The topological polar surface area (TPSA) is 55.4 Å². The van der Waals surface area contributed by atoms with Crippen LogP contribution in [-0.4, -0.2) is 45.2 Å². The van der Waals surface area contributed by atoms with Crippen LogP contribution in [0.1, 0.15) is 25.7 Å². The van der Waals surface area contributed by atoms with E-state index in [1.165, 1.54) is 0 Å². The standard InChI is InChI=1S/C10H19NO3S/c1-14-10-3-2-8(6-10)11-9-4-5-15(12,13)7-9/h8-11H,2-7H2,1H3. The first-order valence-electron chi connectivity index (χ1n) is 5.58. The Balaban J connectivity index is 1.79. The molecule has 2 rings (SSSR count). The maximum atomic E-state index is 11.3. The normalized spacial score (nSPS) is 39.7. The van der Waals surface area contributed by atoms with Crippen LogP contribution in [-0.2, 0) is 14.6 Å². The van der Waals surface area contributed by atoms with Crippen molar-refractivity contribution < 1.29 is 13.2 Å². The summed E-state index contributed by atoms with van der Waals surface area (Å²) in [7, 11) is -1.01. The molecule has 1 aliphatic carbocycles. The van der Waals surface area contributed by atoms with Gasteiger partial charge in [-0.1, -0.05) is 0 Å². The van der Waals surface area contributed by atoms with Crippen molar-refractivity contribution in [3.63, 3.8) is 0 Å². The molecule has 4 nitrogen and oxygen atoms in total. The van der Waals surface area contributed by atoms with E-state index in [1.54, 1.807) is 7.11 Å². The molecule has 2 aliphatic rings. The molecule has 0 aromatic carbocycles. The summed E-state index contributed by atoms with van der Waals surface area (Å²) < 4.78 is 27.8. The second-order valence-electron chi connectivity index (χ2n) is 4.63. The monoisotopic (exact) mass is 233 g/mol. The minimum Gasteiger partial charge on any atom is -0.381 e. The van der Waals surface area contributed by atoms with E-state index in [-0.39, 0.29) is 6.04 Å². The molecule has 88 valence electrons. The second-order valence-corrected chi connectivity index (χ2v) is 6.86. The van der Waals surface area contributed by atoms with Gasteiger partial charge in [-0.05, 0) is 25.7 Å². The Hall–Kier alpha value is -0.130. The molecule has 0 amide bonds. The van der Waals surface area contributed by atoms with E-state index in [9.17, 15) is 8.42 Å². The van der Waals surface area contributed by atoms with Gasteiger partial charge in [-0.2, -0.15) is 0 Å². The minimum absolute atomic E-state index is 0.176. The lowest BCUT2D eigenvalue weighted by atomic mass is 10.2. The molecule has 0 spiro atoms. The Morgan fingerprint density at radius 1 is 1.20 bits per heavy atom. The van der Waals surface area contributed by atoms with Crippen LogP contribution in [0, 0.1) is 0 Å². The fourth-order valence-corrected chi connectivity index (χ4v) is 4.25. The van der Waals surface area contributed by atoms with E-state index in [0.29, 0.717) is 23.7 Å². The molecule has 1 N–H and O–H groups in total. The largest absolute Gasteiger partial charge is 0.381 e. The molecule has 1 aliphatic heterocycles. The van der Waals surface area contributed by atoms with Crippen LogP contribution in [0.4, 0.5) is 0 Å². The first-order valence-corrected chi connectivity index (χ1v) is 7.40. The van der Waals surface area contributed by atoms with Crippen molar-refractivity contribution in [2.24, 2.45) is 0 Å².